The summed E-state index contributed by atoms with van der Waals surface area (Å²) in [5.41, 5.74) is -0.596. The molecule has 1 aromatic carbocycles. The zero-order chi connectivity index (χ0) is 16.0. The summed E-state index contributed by atoms with van der Waals surface area (Å²) >= 11 is 3.33. The lowest BCUT2D eigenvalue weighted by Crippen LogP contribution is -2.52. The molecule has 1 rings (SSSR count). The van der Waals surface area contributed by atoms with Crippen LogP contribution in [0.5, 0.6) is 5.75 Å². The molecule has 21 heavy (non-hydrogen) atoms. The molecular formula is C15H20BrNO4. The van der Waals surface area contributed by atoms with Crippen molar-refractivity contribution in [2.75, 3.05) is 14.2 Å². The highest BCUT2D eigenvalue weighted by Crippen LogP contribution is 2.26. The van der Waals surface area contributed by atoms with Crippen molar-refractivity contribution in [3.05, 3.63) is 28.2 Å². The van der Waals surface area contributed by atoms with Crippen LogP contribution < -0.4 is 10.1 Å². The molecule has 1 atom stereocenters. The van der Waals surface area contributed by atoms with Gasteiger partial charge in [-0.3, -0.25) is 4.79 Å². The number of hydrogen-bond donors (Lipinski definition) is 1. The Hall–Kier alpha value is -1.56. The fourth-order valence-corrected chi connectivity index (χ4v) is 2.61. The Morgan fingerprint density at radius 1 is 1.33 bits per heavy atom. The van der Waals surface area contributed by atoms with E-state index in [2.05, 4.69) is 21.2 Å². The van der Waals surface area contributed by atoms with Gasteiger partial charge in [0.15, 0.2) is 0 Å². The first-order chi connectivity index (χ1) is 9.87. The maximum atomic E-state index is 12.3. The number of methoxy groups -OCH3 is 2. The lowest BCUT2D eigenvalue weighted by Gasteiger charge is -2.27. The van der Waals surface area contributed by atoms with Crippen LogP contribution in [-0.4, -0.2) is 31.6 Å². The normalized spacial score (nSPS) is 13.2. The molecule has 0 heterocycles. The minimum absolute atomic E-state index is 0.334. The largest absolute Gasteiger partial charge is 0.496 e. The number of hydrogen-bond acceptors (Lipinski definition) is 4. The van der Waals surface area contributed by atoms with Gasteiger partial charge >= 0.3 is 5.97 Å². The average Bonchev–Trinajstić information content (AvgIpc) is 2.46. The molecule has 1 amide bonds. The molecule has 0 aliphatic carbocycles. The van der Waals surface area contributed by atoms with E-state index in [1.165, 1.54) is 7.11 Å². The Bertz CT molecular complexity index is 532. The van der Waals surface area contributed by atoms with Crippen molar-refractivity contribution >= 4 is 27.8 Å². The topological polar surface area (TPSA) is 64.6 Å². The second kappa shape index (κ2) is 7.45. The first kappa shape index (κ1) is 17.5. The van der Waals surface area contributed by atoms with E-state index < -0.39 is 11.5 Å². The van der Waals surface area contributed by atoms with E-state index in [9.17, 15) is 9.59 Å². The van der Waals surface area contributed by atoms with Gasteiger partial charge in [0.2, 0.25) is 0 Å². The average molecular weight is 358 g/mol. The monoisotopic (exact) mass is 357 g/mol. The molecule has 0 aliphatic rings. The van der Waals surface area contributed by atoms with E-state index in [0.29, 0.717) is 22.2 Å². The van der Waals surface area contributed by atoms with Gasteiger partial charge in [0, 0.05) is 5.56 Å². The van der Waals surface area contributed by atoms with Crippen molar-refractivity contribution in [3.8, 4) is 5.75 Å². The summed E-state index contributed by atoms with van der Waals surface area (Å²) in [5, 5.41) is 2.75. The molecule has 0 aliphatic heterocycles. The van der Waals surface area contributed by atoms with Crippen LogP contribution in [0.1, 0.15) is 37.0 Å². The van der Waals surface area contributed by atoms with E-state index in [1.54, 1.807) is 32.2 Å². The molecule has 1 aromatic rings. The number of halogens is 1. The quantitative estimate of drug-likeness (QED) is 0.795. The molecule has 5 nitrogen and oxygen atoms in total. The van der Waals surface area contributed by atoms with Gasteiger partial charge in [-0.1, -0.05) is 13.3 Å². The summed E-state index contributed by atoms with van der Waals surface area (Å²) in [7, 11) is 2.86. The van der Waals surface area contributed by atoms with Crippen LogP contribution in [0.15, 0.2) is 22.7 Å². The van der Waals surface area contributed by atoms with Gasteiger partial charge < -0.3 is 14.8 Å². The number of carbonyl (C=O) groups is 2. The molecule has 0 saturated heterocycles. The smallest absolute Gasteiger partial charge is 0.331 e. The first-order valence-corrected chi connectivity index (χ1v) is 7.41. The van der Waals surface area contributed by atoms with Gasteiger partial charge in [-0.2, -0.15) is 0 Å². The van der Waals surface area contributed by atoms with E-state index >= 15 is 0 Å². The van der Waals surface area contributed by atoms with Crippen LogP contribution in [0, 0.1) is 0 Å². The third kappa shape index (κ3) is 4.20. The van der Waals surface area contributed by atoms with Gasteiger partial charge in [0.1, 0.15) is 11.3 Å². The highest BCUT2D eigenvalue weighted by molar-refractivity contribution is 9.10. The van der Waals surface area contributed by atoms with Crippen LogP contribution >= 0.6 is 15.9 Å². The summed E-state index contributed by atoms with van der Waals surface area (Å²) < 4.78 is 10.6. The van der Waals surface area contributed by atoms with Gasteiger partial charge in [-0.25, -0.2) is 4.79 Å². The van der Waals surface area contributed by atoms with Gasteiger partial charge in [-0.05, 0) is 47.5 Å². The van der Waals surface area contributed by atoms with Gasteiger partial charge in [0.25, 0.3) is 5.91 Å². The highest BCUT2D eigenvalue weighted by Gasteiger charge is 2.35. The highest BCUT2D eigenvalue weighted by atomic mass is 79.9. The minimum Gasteiger partial charge on any atom is -0.496 e. The fraction of sp³-hybridized carbons (Fsp3) is 0.467. The molecule has 0 saturated carbocycles. The fourth-order valence-electron chi connectivity index (χ4n) is 2.07. The van der Waals surface area contributed by atoms with Crippen LogP contribution in [0.3, 0.4) is 0 Å². The molecule has 0 spiro atoms. The van der Waals surface area contributed by atoms with E-state index in [1.807, 2.05) is 6.92 Å². The molecule has 1 unspecified atom stereocenters. The molecule has 0 aromatic heterocycles. The third-order valence-electron chi connectivity index (χ3n) is 3.19. The Labute approximate surface area is 133 Å². The summed E-state index contributed by atoms with van der Waals surface area (Å²) in [6.45, 7) is 3.61. The number of nitrogens with one attached hydrogen (secondary N) is 1. The molecule has 0 fully saturated rings. The number of rotatable bonds is 6. The number of ether oxygens (including phenoxy) is 2. The van der Waals surface area contributed by atoms with Crippen molar-refractivity contribution in [3.63, 3.8) is 0 Å². The third-order valence-corrected chi connectivity index (χ3v) is 3.81. The van der Waals surface area contributed by atoms with E-state index in [4.69, 9.17) is 9.47 Å². The summed E-state index contributed by atoms with van der Waals surface area (Å²) in [5.74, 6) is -0.152. The van der Waals surface area contributed by atoms with E-state index in [-0.39, 0.29) is 5.91 Å². The lowest BCUT2D eigenvalue weighted by atomic mass is 9.95. The second-order valence-corrected chi connectivity index (χ2v) is 5.73. The van der Waals surface area contributed by atoms with Crippen molar-refractivity contribution in [1.82, 2.24) is 5.32 Å². The molecule has 1 N–H and O–H groups in total. The number of carbonyl (C=O) groups excluding carboxylic acids is 2. The number of benzene rings is 1. The number of amides is 1. The molecule has 116 valence electrons. The van der Waals surface area contributed by atoms with Gasteiger partial charge in [0.05, 0.1) is 18.7 Å². The van der Waals surface area contributed by atoms with E-state index in [0.717, 1.165) is 6.42 Å². The Kier molecular flexibility index (Phi) is 6.20. The minimum atomic E-state index is -1.03. The molecule has 0 bridgehead atoms. The predicted molar refractivity (Wildman–Crippen MR) is 83.5 cm³/mol. The Morgan fingerprint density at radius 3 is 2.48 bits per heavy atom. The standard InChI is InChI=1S/C15H20BrNO4/c1-5-8-15(2,14(19)21-4)17-13(18)10-6-7-12(20-3)11(16)9-10/h6-7,9H,5,8H2,1-4H3,(H,17,18). The SMILES string of the molecule is CCCC(C)(NC(=O)c1ccc(OC)c(Br)c1)C(=O)OC. The predicted octanol–water partition coefficient (Wildman–Crippen LogP) is 2.92. The van der Waals surface area contributed by atoms with Crippen LogP contribution in [0.25, 0.3) is 0 Å². The van der Waals surface area contributed by atoms with Crippen LogP contribution in [-0.2, 0) is 9.53 Å². The maximum absolute atomic E-state index is 12.3. The lowest BCUT2D eigenvalue weighted by molar-refractivity contribution is -0.147. The maximum Gasteiger partial charge on any atom is 0.331 e. The summed E-state index contributed by atoms with van der Waals surface area (Å²) in [6.07, 6.45) is 1.25. The van der Waals surface area contributed by atoms with Crippen molar-refractivity contribution in [2.45, 2.75) is 32.2 Å². The second-order valence-electron chi connectivity index (χ2n) is 4.88. The zero-order valence-electron chi connectivity index (χ0n) is 12.7. The molecular weight excluding hydrogens is 338 g/mol. The number of esters is 1. The van der Waals surface area contributed by atoms with Crippen molar-refractivity contribution in [2.24, 2.45) is 0 Å². The van der Waals surface area contributed by atoms with Crippen LogP contribution in [0.2, 0.25) is 0 Å². The first-order valence-electron chi connectivity index (χ1n) is 6.62. The van der Waals surface area contributed by atoms with Crippen LogP contribution in [0.4, 0.5) is 0 Å². The summed E-state index contributed by atoms with van der Waals surface area (Å²) in [6, 6.07) is 4.98. The van der Waals surface area contributed by atoms with Crippen molar-refractivity contribution in [1.29, 1.82) is 0 Å². The van der Waals surface area contributed by atoms with Crippen molar-refractivity contribution < 1.29 is 19.1 Å². The molecule has 0 radical (unpaired) electrons. The Morgan fingerprint density at radius 2 is 2.00 bits per heavy atom. The Balaban J connectivity index is 2.97. The van der Waals surface area contributed by atoms with Gasteiger partial charge in [-0.15, -0.1) is 0 Å². The molecule has 6 heteroatoms. The zero-order valence-corrected chi connectivity index (χ0v) is 14.2. The summed E-state index contributed by atoms with van der Waals surface area (Å²) in [4.78, 5) is 24.2.